The van der Waals surface area contributed by atoms with Crippen molar-refractivity contribution < 1.29 is 9.53 Å². The summed E-state index contributed by atoms with van der Waals surface area (Å²) in [6.45, 7) is 3.13. The molecule has 0 spiro atoms. The molecule has 0 N–H and O–H groups in total. The van der Waals surface area contributed by atoms with Crippen LogP contribution in [0.15, 0.2) is 42.6 Å². The van der Waals surface area contributed by atoms with E-state index in [1.54, 1.807) is 17.2 Å². The predicted octanol–water partition coefficient (Wildman–Crippen LogP) is 4.01. The van der Waals surface area contributed by atoms with Crippen molar-refractivity contribution in [2.75, 3.05) is 13.1 Å². The van der Waals surface area contributed by atoms with Crippen molar-refractivity contribution >= 4 is 28.7 Å². The van der Waals surface area contributed by atoms with Gasteiger partial charge >= 0.3 is 6.09 Å². The molecule has 2 aromatic heterocycles. The molecule has 1 saturated heterocycles. The third-order valence-electron chi connectivity index (χ3n) is 4.94. The summed E-state index contributed by atoms with van der Waals surface area (Å²) in [5, 5.41) is 8.82. The van der Waals surface area contributed by atoms with Crippen LogP contribution in [-0.4, -0.2) is 44.1 Å². The average molecular weight is 386 g/mol. The van der Waals surface area contributed by atoms with Gasteiger partial charge in [0.05, 0.1) is 12.2 Å². The van der Waals surface area contributed by atoms with Crippen LogP contribution < -0.4 is 0 Å². The number of nitrogens with zero attached hydrogens (tertiary/aromatic N) is 5. The fourth-order valence-electron chi connectivity index (χ4n) is 3.39. The van der Waals surface area contributed by atoms with E-state index >= 15 is 0 Å². The van der Waals surface area contributed by atoms with Gasteiger partial charge < -0.3 is 9.64 Å². The maximum Gasteiger partial charge on any atom is 0.410 e. The van der Waals surface area contributed by atoms with Crippen LogP contribution >= 0.6 is 11.6 Å². The molecule has 0 saturated carbocycles. The molecule has 8 heteroatoms. The van der Waals surface area contributed by atoms with Gasteiger partial charge in [-0.15, -0.1) is 5.10 Å². The lowest BCUT2D eigenvalue weighted by Gasteiger charge is -2.32. The molecule has 3 heterocycles. The number of pyridine rings is 1. The van der Waals surface area contributed by atoms with E-state index in [4.69, 9.17) is 16.3 Å². The summed E-state index contributed by atoms with van der Waals surface area (Å²) in [5.41, 5.74) is 2.58. The second kappa shape index (κ2) is 7.52. The number of carbonyl (C=O) groups is 1. The maximum atomic E-state index is 12.5. The number of ether oxygens (including phenoxy) is 1. The highest BCUT2D eigenvalue weighted by molar-refractivity contribution is 6.29. The Morgan fingerprint density at radius 2 is 2.00 bits per heavy atom. The smallest absolute Gasteiger partial charge is 0.410 e. The van der Waals surface area contributed by atoms with E-state index in [0.29, 0.717) is 18.2 Å². The van der Waals surface area contributed by atoms with E-state index in [1.165, 1.54) is 0 Å². The van der Waals surface area contributed by atoms with Crippen LogP contribution in [-0.2, 0) is 4.74 Å². The summed E-state index contributed by atoms with van der Waals surface area (Å²) in [5.74, 6) is 0. The number of fused-ring (bicyclic) bond motifs is 1. The molecule has 27 heavy (non-hydrogen) atoms. The number of rotatable bonds is 3. The molecule has 1 aromatic carbocycles. The minimum atomic E-state index is -0.276. The van der Waals surface area contributed by atoms with Gasteiger partial charge in [-0.05, 0) is 25.3 Å². The van der Waals surface area contributed by atoms with E-state index in [2.05, 4.69) is 15.3 Å². The van der Waals surface area contributed by atoms with Gasteiger partial charge in [0.15, 0.2) is 0 Å². The van der Waals surface area contributed by atoms with Gasteiger partial charge in [0.2, 0.25) is 0 Å². The first-order valence-corrected chi connectivity index (χ1v) is 9.36. The van der Waals surface area contributed by atoms with Crippen molar-refractivity contribution in [2.45, 2.75) is 31.9 Å². The summed E-state index contributed by atoms with van der Waals surface area (Å²) in [7, 11) is 0. The normalized spacial score (nSPS) is 16.4. The lowest BCUT2D eigenvalue weighted by molar-refractivity contribution is 0.0590. The lowest BCUT2D eigenvalue weighted by atomic mass is 10.1. The number of likely N-dealkylation sites (tertiary alicyclic amines) is 1. The summed E-state index contributed by atoms with van der Waals surface area (Å²) < 4.78 is 7.50. The predicted molar refractivity (Wildman–Crippen MR) is 102 cm³/mol. The Bertz CT molecular complexity index is 938. The molecule has 0 bridgehead atoms. The molecule has 1 atom stereocenters. The monoisotopic (exact) mass is 385 g/mol. The minimum Gasteiger partial charge on any atom is -0.442 e. The second-order valence-electron chi connectivity index (χ2n) is 6.68. The third kappa shape index (κ3) is 3.73. The molecule has 1 fully saturated rings. The SMILES string of the molecule is C[C@H](OC(=O)N1CCC(n2nnc3cc(Cl)ncc32)CC1)c1ccccc1. The van der Waals surface area contributed by atoms with Crippen molar-refractivity contribution in [3.63, 3.8) is 0 Å². The highest BCUT2D eigenvalue weighted by Gasteiger charge is 2.27. The van der Waals surface area contributed by atoms with E-state index in [1.807, 2.05) is 41.9 Å². The van der Waals surface area contributed by atoms with Crippen molar-refractivity contribution in [1.82, 2.24) is 24.9 Å². The number of hydrogen-bond donors (Lipinski definition) is 0. The van der Waals surface area contributed by atoms with Crippen LogP contribution in [0.2, 0.25) is 5.15 Å². The molecule has 7 nitrogen and oxygen atoms in total. The molecule has 0 radical (unpaired) electrons. The van der Waals surface area contributed by atoms with Crippen molar-refractivity contribution in [2.24, 2.45) is 0 Å². The van der Waals surface area contributed by atoms with Crippen molar-refractivity contribution in [1.29, 1.82) is 0 Å². The highest BCUT2D eigenvalue weighted by atomic mass is 35.5. The molecule has 0 aliphatic carbocycles. The Balaban J connectivity index is 1.37. The molecule has 1 aliphatic rings. The first-order chi connectivity index (χ1) is 13.1. The Morgan fingerprint density at radius 3 is 2.74 bits per heavy atom. The first-order valence-electron chi connectivity index (χ1n) is 8.99. The van der Waals surface area contributed by atoms with Crippen LogP contribution in [0.25, 0.3) is 11.0 Å². The number of benzene rings is 1. The van der Waals surface area contributed by atoms with Gasteiger partial charge in [0, 0.05) is 19.2 Å². The third-order valence-corrected chi connectivity index (χ3v) is 5.15. The molecule has 3 aromatic rings. The van der Waals surface area contributed by atoms with E-state index in [-0.39, 0.29) is 18.2 Å². The minimum absolute atomic E-state index is 0.175. The summed E-state index contributed by atoms with van der Waals surface area (Å²) in [6, 6.07) is 11.6. The topological polar surface area (TPSA) is 73.1 Å². The fraction of sp³-hybridized carbons (Fsp3) is 0.368. The first kappa shape index (κ1) is 17.7. The largest absolute Gasteiger partial charge is 0.442 e. The van der Waals surface area contributed by atoms with Gasteiger partial charge in [0.25, 0.3) is 0 Å². The Morgan fingerprint density at radius 1 is 1.26 bits per heavy atom. The molecule has 4 rings (SSSR count). The molecule has 140 valence electrons. The zero-order valence-corrected chi connectivity index (χ0v) is 15.7. The number of amides is 1. The standard InChI is InChI=1S/C19H20ClN5O2/c1-13(14-5-3-2-4-6-14)27-19(26)24-9-7-15(8-10-24)25-17-12-21-18(20)11-16(17)22-23-25/h2-6,11-13,15H,7-10H2,1H3/t13-/m0/s1. The highest BCUT2D eigenvalue weighted by Crippen LogP contribution is 2.27. The van der Waals surface area contributed by atoms with Crippen LogP contribution in [0.5, 0.6) is 0 Å². The summed E-state index contributed by atoms with van der Waals surface area (Å²) in [4.78, 5) is 18.3. The Labute approximate surface area is 161 Å². The van der Waals surface area contributed by atoms with Gasteiger partial charge in [-0.3, -0.25) is 0 Å². The number of piperidine rings is 1. The quantitative estimate of drug-likeness (QED) is 0.637. The number of halogens is 1. The summed E-state index contributed by atoms with van der Waals surface area (Å²) >= 11 is 5.91. The molecular weight excluding hydrogens is 366 g/mol. The number of aromatic nitrogens is 4. The average Bonchev–Trinajstić information content (AvgIpc) is 3.11. The molecule has 1 aliphatic heterocycles. The second-order valence-corrected chi connectivity index (χ2v) is 7.07. The fourth-order valence-corrected chi connectivity index (χ4v) is 3.55. The van der Waals surface area contributed by atoms with Crippen LogP contribution in [0.1, 0.15) is 37.5 Å². The van der Waals surface area contributed by atoms with Crippen LogP contribution in [0.4, 0.5) is 4.79 Å². The van der Waals surface area contributed by atoms with E-state index in [0.717, 1.165) is 29.4 Å². The molecule has 1 amide bonds. The van der Waals surface area contributed by atoms with E-state index in [9.17, 15) is 4.79 Å². The number of hydrogen-bond acceptors (Lipinski definition) is 5. The number of carbonyl (C=O) groups excluding carboxylic acids is 1. The van der Waals surface area contributed by atoms with E-state index < -0.39 is 0 Å². The van der Waals surface area contributed by atoms with Crippen LogP contribution in [0.3, 0.4) is 0 Å². The Kier molecular flexibility index (Phi) is 4.94. The van der Waals surface area contributed by atoms with Crippen LogP contribution in [0, 0.1) is 0 Å². The molecular formula is C19H20ClN5O2. The van der Waals surface area contributed by atoms with Gasteiger partial charge in [-0.1, -0.05) is 47.1 Å². The maximum absolute atomic E-state index is 12.5. The van der Waals surface area contributed by atoms with Crippen molar-refractivity contribution in [3.8, 4) is 0 Å². The summed E-state index contributed by atoms with van der Waals surface area (Å²) in [6.07, 6.45) is 2.72. The zero-order chi connectivity index (χ0) is 18.8. The van der Waals surface area contributed by atoms with Gasteiger partial charge in [-0.2, -0.15) is 0 Å². The Hall–Kier alpha value is -2.67. The van der Waals surface area contributed by atoms with Gasteiger partial charge in [0.1, 0.15) is 22.3 Å². The van der Waals surface area contributed by atoms with Gasteiger partial charge in [-0.25, -0.2) is 14.5 Å². The van der Waals surface area contributed by atoms with Crippen molar-refractivity contribution in [3.05, 3.63) is 53.3 Å². The lowest BCUT2D eigenvalue weighted by Crippen LogP contribution is -2.39. The zero-order valence-electron chi connectivity index (χ0n) is 15.0. The molecule has 0 unspecified atom stereocenters.